The number of hydrogen-bond acceptors (Lipinski definition) is 14. The normalized spacial score (nSPS) is 35.9. The number of methoxy groups -OCH3 is 1. The van der Waals surface area contributed by atoms with Gasteiger partial charge in [-0.15, -0.1) is 0 Å². The molecule has 2 saturated heterocycles. The molecule has 0 spiro atoms. The van der Waals surface area contributed by atoms with Crippen molar-refractivity contribution in [2.75, 3.05) is 20.3 Å². The van der Waals surface area contributed by atoms with Crippen molar-refractivity contribution in [3.05, 3.63) is 41.5 Å². The van der Waals surface area contributed by atoms with Crippen LogP contribution in [0.5, 0.6) is 28.7 Å². The Kier molecular flexibility index (Phi) is 7.54. The van der Waals surface area contributed by atoms with E-state index >= 15 is 0 Å². The number of ether oxygens (including phenoxy) is 5. The summed E-state index contributed by atoms with van der Waals surface area (Å²) in [5, 5.41) is 82.0. The Morgan fingerprint density at radius 3 is 2.33 bits per heavy atom. The van der Waals surface area contributed by atoms with Crippen molar-refractivity contribution < 1.29 is 69.3 Å². The lowest BCUT2D eigenvalue weighted by Crippen LogP contribution is -2.74. The second kappa shape index (κ2) is 10.6. The number of phenolic OH excluding ortho intramolecular Hbond substituents is 2. The van der Waals surface area contributed by atoms with Crippen LogP contribution in [0.3, 0.4) is 0 Å². The van der Waals surface area contributed by atoms with E-state index in [1.807, 2.05) is 0 Å². The summed E-state index contributed by atoms with van der Waals surface area (Å²) in [7, 11) is 1.30. The SMILES string of the molecule is COc1cc(O[C@@]2([C@H]3OC[C@H](O)[C@H](O)[C@@H]3O)OC[C@H](O)[C@H](O)[C@@H]2O)cc2c1C(=O)C[C@H](c1ccc(O)c(O)c1)O2. The fourth-order valence-electron chi connectivity index (χ4n) is 5.14. The van der Waals surface area contributed by atoms with Gasteiger partial charge in [-0.3, -0.25) is 4.79 Å². The summed E-state index contributed by atoms with van der Waals surface area (Å²) in [5.74, 6) is -3.67. The van der Waals surface area contributed by atoms with E-state index in [4.69, 9.17) is 23.7 Å². The van der Waals surface area contributed by atoms with E-state index in [0.717, 1.165) is 0 Å². The Morgan fingerprint density at radius 1 is 0.900 bits per heavy atom. The Balaban J connectivity index is 1.54. The summed E-state index contributed by atoms with van der Waals surface area (Å²) in [6.45, 7) is -1.04. The van der Waals surface area contributed by atoms with Crippen molar-refractivity contribution >= 4 is 5.78 Å². The molecule has 14 heteroatoms. The van der Waals surface area contributed by atoms with Gasteiger partial charge in [-0.2, -0.15) is 0 Å². The first-order valence-corrected chi connectivity index (χ1v) is 12.4. The van der Waals surface area contributed by atoms with Gasteiger partial charge < -0.3 is 64.5 Å². The summed E-state index contributed by atoms with van der Waals surface area (Å²) in [6.07, 6.45) is -13.1. The van der Waals surface area contributed by atoms with Gasteiger partial charge in [0.05, 0.1) is 26.7 Å². The molecule has 0 radical (unpaired) electrons. The second-order valence-electron chi connectivity index (χ2n) is 9.92. The van der Waals surface area contributed by atoms with Crippen LogP contribution in [0.4, 0.5) is 0 Å². The average molecular weight is 567 g/mol. The first kappa shape index (κ1) is 28.3. The molecule has 3 aliphatic heterocycles. The van der Waals surface area contributed by atoms with Crippen molar-refractivity contribution in [2.45, 2.75) is 61.0 Å². The second-order valence-corrected chi connectivity index (χ2v) is 9.92. The number of benzene rings is 2. The molecule has 40 heavy (non-hydrogen) atoms. The number of aliphatic hydroxyl groups is 6. The molecule has 218 valence electrons. The molecule has 0 aliphatic carbocycles. The number of carbonyl (C=O) groups is 1. The molecule has 8 N–H and O–H groups in total. The van der Waals surface area contributed by atoms with Gasteiger partial charge in [0.25, 0.3) is 5.79 Å². The molecule has 5 rings (SSSR count). The van der Waals surface area contributed by atoms with E-state index in [1.165, 1.54) is 37.4 Å². The van der Waals surface area contributed by atoms with Crippen molar-refractivity contribution in [2.24, 2.45) is 0 Å². The number of hydrogen-bond donors (Lipinski definition) is 8. The number of ketones is 1. The van der Waals surface area contributed by atoms with E-state index < -0.39 is 73.6 Å². The molecule has 2 aromatic carbocycles. The number of carbonyl (C=O) groups excluding carboxylic acids is 1. The molecule has 3 heterocycles. The minimum atomic E-state index is -2.42. The summed E-state index contributed by atoms with van der Waals surface area (Å²) in [4.78, 5) is 13.1. The molecule has 0 unspecified atom stereocenters. The van der Waals surface area contributed by atoms with Crippen LogP contribution in [0, 0.1) is 0 Å². The van der Waals surface area contributed by atoms with Crippen LogP contribution < -0.4 is 14.2 Å². The van der Waals surface area contributed by atoms with Gasteiger partial charge in [-0.25, -0.2) is 0 Å². The smallest absolute Gasteiger partial charge is 0.268 e. The zero-order chi connectivity index (χ0) is 28.9. The predicted octanol–water partition coefficient (Wildman–Crippen LogP) is -1.52. The van der Waals surface area contributed by atoms with Crippen LogP contribution >= 0.6 is 0 Å². The van der Waals surface area contributed by atoms with Crippen molar-refractivity contribution in [3.8, 4) is 28.7 Å². The molecule has 3 aliphatic rings. The van der Waals surface area contributed by atoms with Gasteiger partial charge in [-0.1, -0.05) is 6.07 Å². The first-order chi connectivity index (χ1) is 19.0. The molecule has 2 aromatic rings. The van der Waals surface area contributed by atoms with Crippen LogP contribution in [0.1, 0.15) is 28.4 Å². The zero-order valence-corrected chi connectivity index (χ0v) is 21.2. The monoisotopic (exact) mass is 566 g/mol. The average Bonchev–Trinajstić information content (AvgIpc) is 2.93. The number of aromatic hydroxyl groups is 2. The third-order valence-corrected chi connectivity index (χ3v) is 7.33. The van der Waals surface area contributed by atoms with Crippen LogP contribution in [-0.4, -0.2) is 115 Å². The van der Waals surface area contributed by atoms with Crippen LogP contribution in [0.2, 0.25) is 0 Å². The molecule has 0 aromatic heterocycles. The van der Waals surface area contributed by atoms with Crippen molar-refractivity contribution in [1.82, 2.24) is 0 Å². The number of fused-ring (bicyclic) bond motifs is 1. The Labute approximate surface area is 227 Å². The zero-order valence-electron chi connectivity index (χ0n) is 21.2. The molecule has 0 amide bonds. The predicted molar refractivity (Wildman–Crippen MR) is 130 cm³/mol. The molecular weight excluding hydrogens is 536 g/mol. The van der Waals surface area contributed by atoms with E-state index in [9.17, 15) is 45.6 Å². The largest absolute Gasteiger partial charge is 0.504 e. The molecule has 0 bridgehead atoms. The molecule has 14 nitrogen and oxygen atoms in total. The lowest BCUT2D eigenvalue weighted by atomic mass is 9.86. The van der Waals surface area contributed by atoms with Crippen LogP contribution in [0.15, 0.2) is 30.3 Å². The van der Waals surface area contributed by atoms with Crippen LogP contribution in [0.25, 0.3) is 0 Å². The van der Waals surface area contributed by atoms with Gasteiger partial charge in [0.15, 0.2) is 29.5 Å². The number of Topliss-reactive ketones (excluding diaryl/α,β-unsaturated/α-hetero) is 1. The Bertz CT molecular complexity index is 1270. The van der Waals surface area contributed by atoms with Gasteiger partial charge in [0.2, 0.25) is 0 Å². The van der Waals surface area contributed by atoms with Gasteiger partial charge in [0.1, 0.15) is 59.4 Å². The fraction of sp³-hybridized carbons (Fsp3) is 0.500. The maximum absolute atomic E-state index is 13.1. The molecular formula is C26H30O14. The Hall–Kier alpha value is -3.21. The van der Waals surface area contributed by atoms with Crippen molar-refractivity contribution in [3.63, 3.8) is 0 Å². The molecule has 9 atom stereocenters. The van der Waals surface area contributed by atoms with Gasteiger partial charge in [-0.05, 0) is 17.7 Å². The fourth-order valence-corrected chi connectivity index (χ4v) is 5.14. The maximum atomic E-state index is 13.1. The molecule has 0 saturated carbocycles. The standard InChI is InChI=1S/C26H30O14/c1-36-18-5-11(6-19-20(18)14(29)7-17(39-19)10-2-3-12(27)13(28)4-10)40-26(24(35)22(33)16(31)9-38-26)25-23(34)21(32)15(30)8-37-25/h2-6,15-17,21-25,27-28,30-35H,7-9H2,1H3/t15-,16-,17+,21-,22-,23-,24-,25-,26-/m0/s1. The quantitative estimate of drug-likeness (QED) is 0.193. The highest BCUT2D eigenvalue weighted by molar-refractivity contribution is 6.02. The number of phenols is 2. The minimum absolute atomic E-state index is 0.00948. The lowest BCUT2D eigenvalue weighted by Gasteiger charge is -2.51. The number of aliphatic hydroxyl groups excluding tert-OH is 6. The number of rotatable bonds is 5. The lowest BCUT2D eigenvalue weighted by molar-refractivity contribution is -0.369. The van der Waals surface area contributed by atoms with E-state index in [-0.39, 0.29) is 40.8 Å². The third-order valence-electron chi connectivity index (χ3n) is 7.33. The van der Waals surface area contributed by atoms with E-state index in [1.54, 1.807) is 0 Å². The molecule has 2 fully saturated rings. The Morgan fingerprint density at radius 2 is 1.62 bits per heavy atom. The minimum Gasteiger partial charge on any atom is -0.504 e. The highest BCUT2D eigenvalue weighted by Crippen LogP contribution is 2.45. The topological polar surface area (TPSA) is 225 Å². The third kappa shape index (κ3) is 4.71. The first-order valence-electron chi connectivity index (χ1n) is 12.4. The highest BCUT2D eigenvalue weighted by Gasteiger charge is 2.62. The highest BCUT2D eigenvalue weighted by atomic mass is 16.7. The van der Waals surface area contributed by atoms with Crippen molar-refractivity contribution in [1.29, 1.82) is 0 Å². The summed E-state index contributed by atoms with van der Waals surface area (Å²) >= 11 is 0. The maximum Gasteiger partial charge on any atom is 0.268 e. The summed E-state index contributed by atoms with van der Waals surface area (Å²) < 4.78 is 28.6. The summed E-state index contributed by atoms with van der Waals surface area (Å²) in [5.41, 5.74) is 0.474. The van der Waals surface area contributed by atoms with Gasteiger partial charge >= 0.3 is 0 Å². The van der Waals surface area contributed by atoms with Crippen LogP contribution in [-0.2, 0) is 9.47 Å². The summed E-state index contributed by atoms with van der Waals surface area (Å²) in [6, 6.07) is 6.54. The van der Waals surface area contributed by atoms with Gasteiger partial charge in [0, 0.05) is 12.1 Å². The van der Waals surface area contributed by atoms with E-state index in [2.05, 4.69) is 0 Å². The van der Waals surface area contributed by atoms with E-state index in [0.29, 0.717) is 5.56 Å².